The standard InChI is InChI=1S/C8H10O4S.H3N/c9-6-5-7-1-3-8(4-2-7)13(10,11)12;/h1-4,9H,5-6H2,(H,10,11,12);1H3. The molecule has 1 aromatic carbocycles. The lowest BCUT2D eigenvalue weighted by Gasteiger charge is -2.06. The molecule has 5 N–H and O–H groups in total. The molecule has 0 amide bonds. The van der Waals surface area contributed by atoms with Gasteiger partial charge in [-0.05, 0) is 24.1 Å². The van der Waals surface area contributed by atoms with Crippen molar-refractivity contribution in [2.24, 2.45) is 0 Å². The molecule has 0 aromatic heterocycles. The van der Waals surface area contributed by atoms with Gasteiger partial charge in [-0.15, -0.1) is 0 Å². The maximum absolute atomic E-state index is 10.5. The van der Waals surface area contributed by atoms with Crippen LogP contribution >= 0.6 is 0 Å². The van der Waals surface area contributed by atoms with Gasteiger partial charge in [0.2, 0.25) is 0 Å². The molecule has 0 aliphatic rings. The van der Waals surface area contributed by atoms with Gasteiger partial charge in [-0.25, -0.2) is 8.42 Å². The van der Waals surface area contributed by atoms with Crippen LogP contribution in [-0.2, 0) is 16.5 Å². The highest BCUT2D eigenvalue weighted by atomic mass is 32.2. The molecule has 6 heteroatoms. The molecule has 0 aliphatic heterocycles. The van der Waals surface area contributed by atoms with E-state index in [4.69, 9.17) is 5.11 Å². The minimum Gasteiger partial charge on any atom is -0.744 e. The smallest absolute Gasteiger partial charge is 0.124 e. The van der Waals surface area contributed by atoms with Crippen molar-refractivity contribution < 1.29 is 18.1 Å². The molecule has 1 aromatic rings. The zero-order chi connectivity index (χ0) is 9.90. The Morgan fingerprint density at radius 1 is 1.21 bits per heavy atom. The Labute approximate surface area is 82.7 Å². The molecule has 0 atom stereocenters. The number of benzene rings is 1. The van der Waals surface area contributed by atoms with Gasteiger partial charge in [0, 0.05) is 6.61 Å². The summed E-state index contributed by atoms with van der Waals surface area (Å²) in [5.74, 6) is 0. The molecular weight excluding hydrogens is 206 g/mol. The lowest BCUT2D eigenvalue weighted by atomic mass is 10.2. The normalized spacial score (nSPS) is 10.7. The second-order valence-corrected chi connectivity index (χ2v) is 3.95. The first-order valence-corrected chi connectivity index (χ1v) is 5.10. The molecule has 0 saturated heterocycles. The monoisotopic (exact) mass is 219 g/mol. The predicted octanol–water partition coefficient (Wildman–Crippen LogP) is 0.502. The molecule has 0 aliphatic carbocycles. The van der Waals surface area contributed by atoms with Crippen molar-refractivity contribution in [1.82, 2.24) is 6.15 Å². The predicted molar refractivity (Wildman–Crippen MR) is 51.2 cm³/mol. The van der Waals surface area contributed by atoms with E-state index in [1.165, 1.54) is 24.3 Å². The van der Waals surface area contributed by atoms with Crippen LogP contribution in [-0.4, -0.2) is 24.7 Å². The highest BCUT2D eigenvalue weighted by molar-refractivity contribution is 7.85. The Bertz CT molecular complexity index is 371. The van der Waals surface area contributed by atoms with E-state index in [9.17, 15) is 13.0 Å². The summed E-state index contributed by atoms with van der Waals surface area (Å²) in [7, 11) is -4.35. The van der Waals surface area contributed by atoms with Gasteiger partial charge in [-0.1, -0.05) is 12.1 Å². The van der Waals surface area contributed by atoms with E-state index in [-0.39, 0.29) is 17.7 Å². The molecule has 5 nitrogen and oxygen atoms in total. The average molecular weight is 219 g/mol. The van der Waals surface area contributed by atoms with Gasteiger partial charge in [0.05, 0.1) is 4.90 Å². The van der Waals surface area contributed by atoms with Gasteiger partial charge in [0.1, 0.15) is 10.1 Å². The van der Waals surface area contributed by atoms with Gasteiger partial charge in [0.25, 0.3) is 0 Å². The van der Waals surface area contributed by atoms with E-state index < -0.39 is 10.1 Å². The lowest BCUT2D eigenvalue weighted by Crippen LogP contribution is -1.99. The minimum absolute atomic E-state index is 0. The number of hydrogen-bond donors (Lipinski definition) is 2. The second-order valence-electron chi connectivity index (χ2n) is 2.57. The average Bonchev–Trinajstić information content (AvgIpc) is 2.04. The first kappa shape index (κ1) is 13.1. The molecule has 0 spiro atoms. The summed E-state index contributed by atoms with van der Waals surface area (Å²) in [6, 6.07) is 5.52. The second kappa shape index (κ2) is 5.06. The fourth-order valence-corrected chi connectivity index (χ4v) is 1.42. The van der Waals surface area contributed by atoms with Crippen molar-refractivity contribution in [2.75, 3.05) is 6.61 Å². The molecule has 80 valence electrons. The topological polar surface area (TPSA) is 114 Å². The maximum atomic E-state index is 10.5. The third-order valence-electron chi connectivity index (χ3n) is 1.61. The zero-order valence-electron chi connectivity index (χ0n) is 7.80. The Hall–Kier alpha value is -0.950. The summed E-state index contributed by atoms with van der Waals surface area (Å²) in [6.45, 7) is 0.00344. The molecule has 1 rings (SSSR count). The van der Waals surface area contributed by atoms with Crippen LogP contribution in [0.2, 0.25) is 0 Å². The van der Waals surface area contributed by atoms with Crippen LogP contribution < -0.4 is 6.15 Å². The van der Waals surface area contributed by atoms with Crippen molar-refractivity contribution in [3.63, 3.8) is 0 Å². The molecule has 0 fully saturated rings. The highest BCUT2D eigenvalue weighted by Gasteiger charge is 1.99. The van der Waals surface area contributed by atoms with Crippen LogP contribution in [0.1, 0.15) is 5.56 Å². The lowest BCUT2D eigenvalue weighted by molar-refractivity contribution is 0.299. The van der Waals surface area contributed by atoms with Gasteiger partial charge < -0.3 is 15.8 Å². The Kier molecular flexibility index (Phi) is 4.72. The molecule has 0 radical (unpaired) electrons. The summed E-state index contributed by atoms with van der Waals surface area (Å²) < 4.78 is 31.5. The number of hydrogen-bond acceptors (Lipinski definition) is 4. The van der Waals surface area contributed by atoms with Gasteiger partial charge in [0.15, 0.2) is 0 Å². The number of aliphatic hydroxyl groups excluding tert-OH is 1. The van der Waals surface area contributed by atoms with Crippen molar-refractivity contribution in [3.8, 4) is 0 Å². The summed E-state index contributed by atoms with van der Waals surface area (Å²) in [4.78, 5) is -0.241. The van der Waals surface area contributed by atoms with E-state index in [2.05, 4.69) is 0 Å². The van der Waals surface area contributed by atoms with Crippen molar-refractivity contribution in [3.05, 3.63) is 29.8 Å². The van der Waals surface area contributed by atoms with Crippen LogP contribution in [0.3, 0.4) is 0 Å². The summed E-state index contributed by atoms with van der Waals surface area (Å²) in [5, 5.41) is 8.57. The molecule has 0 unspecified atom stereocenters. The van der Waals surface area contributed by atoms with Crippen LogP contribution in [0.25, 0.3) is 0 Å². The summed E-state index contributed by atoms with van der Waals surface area (Å²) in [5.41, 5.74) is 0.801. The van der Waals surface area contributed by atoms with Crippen LogP contribution in [0.4, 0.5) is 0 Å². The molecule has 0 heterocycles. The quantitative estimate of drug-likeness (QED) is 0.720. The van der Waals surface area contributed by atoms with Crippen molar-refractivity contribution in [2.45, 2.75) is 11.3 Å². The fourth-order valence-electron chi connectivity index (χ4n) is 0.952. The minimum atomic E-state index is -4.35. The van der Waals surface area contributed by atoms with Gasteiger partial charge in [-0.3, -0.25) is 0 Å². The summed E-state index contributed by atoms with van der Waals surface area (Å²) >= 11 is 0. The van der Waals surface area contributed by atoms with E-state index in [1.807, 2.05) is 0 Å². The molecular formula is C8H13NO4S. The van der Waals surface area contributed by atoms with Crippen molar-refractivity contribution >= 4 is 10.1 Å². The van der Waals surface area contributed by atoms with E-state index >= 15 is 0 Å². The molecule has 0 bridgehead atoms. The van der Waals surface area contributed by atoms with E-state index in [0.717, 1.165) is 5.56 Å². The van der Waals surface area contributed by atoms with Gasteiger partial charge in [-0.2, -0.15) is 0 Å². The first-order chi connectivity index (χ1) is 6.04. The Morgan fingerprint density at radius 2 is 1.71 bits per heavy atom. The first-order valence-electron chi connectivity index (χ1n) is 3.70. The number of rotatable bonds is 3. The number of quaternary nitrogens is 1. The zero-order valence-corrected chi connectivity index (χ0v) is 8.62. The van der Waals surface area contributed by atoms with Gasteiger partial charge >= 0.3 is 0 Å². The fraction of sp³-hybridized carbons (Fsp3) is 0.250. The third kappa shape index (κ3) is 3.43. The van der Waals surface area contributed by atoms with Crippen LogP contribution in [0.5, 0.6) is 0 Å². The summed E-state index contributed by atoms with van der Waals surface area (Å²) in [6.07, 6.45) is 0.458. The van der Waals surface area contributed by atoms with Crippen LogP contribution in [0, 0.1) is 0 Å². The Balaban J connectivity index is 0.00000169. The van der Waals surface area contributed by atoms with Crippen LogP contribution in [0.15, 0.2) is 29.2 Å². The molecule has 0 saturated carbocycles. The molecule has 14 heavy (non-hydrogen) atoms. The largest absolute Gasteiger partial charge is 0.744 e. The Morgan fingerprint density at radius 3 is 2.07 bits per heavy atom. The maximum Gasteiger partial charge on any atom is 0.124 e. The third-order valence-corrected chi connectivity index (χ3v) is 2.46. The van der Waals surface area contributed by atoms with E-state index in [1.54, 1.807) is 0 Å². The number of aliphatic hydroxyl groups is 1. The SMILES string of the molecule is O=S(=O)([O-])c1ccc(CCO)cc1.[NH4+]. The highest BCUT2D eigenvalue weighted by Crippen LogP contribution is 2.09. The van der Waals surface area contributed by atoms with E-state index in [0.29, 0.717) is 6.42 Å². The van der Waals surface area contributed by atoms with Crippen molar-refractivity contribution in [1.29, 1.82) is 0 Å².